The van der Waals surface area contributed by atoms with E-state index in [1.54, 1.807) is 22.2 Å². The molecule has 0 bridgehead atoms. The molecular formula is C18H25N3O2S. The number of nitrogens with one attached hydrogen (secondary N) is 1. The SMILES string of the molecule is Cc1sc2ncn(CCC(=O)NC3CCCCC3C)c(=O)c2c1C. The van der Waals surface area contributed by atoms with Crippen LogP contribution in [0.5, 0.6) is 0 Å². The summed E-state index contributed by atoms with van der Waals surface area (Å²) in [6.07, 6.45) is 6.57. The van der Waals surface area contributed by atoms with Gasteiger partial charge in [-0.15, -0.1) is 11.3 Å². The van der Waals surface area contributed by atoms with Crippen molar-refractivity contribution in [3.8, 4) is 0 Å². The molecule has 6 heteroatoms. The lowest BCUT2D eigenvalue weighted by Crippen LogP contribution is -2.41. The molecule has 2 atom stereocenters. The second kappa shape index (κ2) is 7.05. The monoisotopic (exact) mass is 347 g/mol. The summed E-state index contributed by atoms with van der Waals surface area (Å²) in [5.41, 5.74) is 0.961. The van der Waals surface area contributed by atoms with E-state index in [4.69, 9.17) is 0 Å². The Hall–Kier alpha value is -1.69. The summed E-state index contributed by atoms with van der Waals surface area (Å²) in [6.45, 7) is 6.54. The molecule has 2 aromatic rings. The van der Waals surface area contributed by atoms with Crippen LogP contribution in [0.3, 0.4) is 0 Å². The van der Waals surface area contributed by atoms with Crippen LogP contribution >= 0.6 is 11.3 Å². The number of hydrogen-bond donors (Lipinski definition) is 1. The molecule has 0 saturated heterocycles. The summed E-state index contributed by atoms with van der Waals surface area (Å²) in [7, 11) is 0. The molecule has 2 aromatic heterocycles. The van der Waals surface area contributed by atoms with Crippen molar-refractivity contribution in [3.63, 3.8) is 0 Å². The van der Waals surface area contributed by atoms with Gasteiger partial charge in [0.1, 0.15) is 4.83 Å². The molecule has 1 N–H and O–H groups in total. The number of nitrogens with zero attached hydrogens (tertiary/aromatic N) is 2. The first kappa shape index (κ1) is 17.1. The van der Waals surface area contributed by atoms with Crippen LogP contribution in [0.15, 0.2) is 11.1 Å². The first-order chi connectivity index (χ1) is 11.5. The van der Waals surface area contributed by atoms with Gasteiger partial charge in [0.05, 0.1) is 11.7 Å². The van der Waals surface area contributed by atoms with E-state index >= 15 is 0 Å². The summed E-state index contributed by atoms with van der Waals surface area (Å²) in [5, 5.41) is 3.83. The Kier molecular flexibility index (Phi) is 5.04. The molecule has 1 fully saturated rings. The number of fused-ring (bicyclic) bond motifs is 1. The van der Waals surface area contributed by atoms with E-state index in [1.807, 2.05) is 13.8 Å². The molecule has 0 spiro atoms. The standard InChI is InChI=1S/C18H25N3O2S/c1-11-6-4-5-7-14(11)20-15(22)8-9-21-10-19-17-16(18(21)23)12(2)13(3)24-17/h10-11,14H,4-9H2,1-3H3,(H,20,22). The van der Waals surface area contributed by atoms with E-state index in [-0.39, 0.29) is 17.5 Å². The van der Waals surface area contributed by atoms with Crippen molar-refractivity contribution in [2.75, 3.05) is 0 Å². The Morgan fingerprint density at radius 2 is 2.12 bits per heavy atom. The predicted molar refractivity (Wildman–Crippen MR) is 97.5 cm³/mol. The third-order valence-corrected chi connectivity index (χ3v) is 6.31. The molecule has 1 saturated carbocycles. The van der Waals surface area contributed by atoms with Crippen LogP contribution in [0.4, 0.5) is 0 Å². The van der Waals surface area contributed by atoms with Crippen molar-refractivity contribution < 1.29 is 4.79 Å². The average Bonchev–Trinajstić information content (AvgIpc) is 2.84. The summed E-state index contributed by atoms with van der Waals surface area (Å²) in [4.78, 5) is 31.1. The fraction of sp³-hybridized carbons (Fsp3) is 0.611. The van der Waals surface area contributed by atoms with Gasteiger partial charge >= 0.3 is 0 Å². The molecule has 1 aliphatic carbocycles. The molecule has 0 aromatic carbocycles. The number of aromatic nitrogens is 2. The molecule has 0 aliphatic heterocycles. The van der Waals surface area contributed by atoms with Crippen molar-refractivity contribution in [3.05, 3.63) is 27.1 Å². The Morgan fingerprint density at radius 1 is 1.38 bits per heavy atom. The number of amides is 1. The van der Waals surface area contributed by atoms with Crippen molar-refractivity contribution in [1.82, 2.24) is 14.9 Å². The molecule has 2 heterocycles. The molecular weight excluding hydrogens is 322 g/mol. The van der Waals surface area contributed by atoms with Gasteiger partial charge in [-0.25, -0.2) is 4.98 Å². The molecule has 3 rings (SSSR count). The van der Waals surface area contributed by atoms with E-state index in [0.29, 0.717) is 24.3 Å². The number of carbonyl (C=O) groups excluding carboxylic acids is 1. The highest BCUT2D eigenvalue weighted by Gasteiger charge is 2.22. The smallest absolute Gasteiger partial charge is 0.262 e. The summed E-state index contributed by atoms with van der Waals surface area (Å²) >= 11 is 1.55. The van der Waals surface area contributed by atoms with Gasteiger partial charge in [0.2, 0.25) is 5.91 Å². The first-order valence-electron chi connectivity index (χ1n) is 8.72. The minimum Gasteiger partial charge on any atom is -0.353 e. The van der Waals surface area contributed by atoms with Crippen LogP contribution in [0.25, 0.3) is 10.2 Å². The minimum atomic E-state index is -0.0410. The van der Waals surface area contributed by atoms with Gasteiger partial charge in [0.25, 0.3) is 5.56 Å². The first-order valence-corrected chi connectivity index (χ1v) is 9.53. The van der Waals surface area contributed by atoms with Crippen LogP contribution in [0.2, 0.25) is 0 Å². The highest BCUT2D eigenvalue weighted by Crippen LogP contribution is 2.25. The average molecular weight is 347 g/mol. The van der Waals surface area contributed by atoms with E-state index in [0.717, 1.165) is 21.7 Å². The molecule has 0 radical (unpaired) electrons. The lowest BCUT2D eigenvalue weighted by atomic mass is 9.86. The van der Waals surface area contributed by atoms with Crippen LogP contribution in [0.1, 0.15) is 49.5 Å². The molecule has 1 amide bonds. The molecule has 5 nitrogen and oxygen atoms in total. The maximum absolute atomic E-state index is 12.6. The van der Waals surface area contributed by atoms with E-state index in [9.17, 15) is 9.59 Å². The fourth-order valence-corrected chi connectivity index (χ4v) is 4.45. The molecule has 24 heavy (non-hydrogen) atoms. The zero-order chi connectivity index (χ0) is 17.3. The van der Waals surface area contributed by atoms with Crippen molar-refractivity contribution in [1.29, 1.82) is 0 Å². The second-order valence-corrected chi connectivity index (χ2v) is 8.10. The third-order valence-electron chi connectivity index (χ3n) is 5.19. The predicted octanol–water partition coefficient (Wildman–Crippen LogP) is 3.16. The number of aryl methyl sites for hydroxylation is 3. The fourth-order valence-electron chi connectivity index (χ4n) is 3.46. The highest BCUT2D eigenvalue weighted by molar-refractivity contribution is 7.18. The van der Waals surface area contributed by atoms with Crippen LogP contribution < -0.4 is 10.9 Å². The van der Waals surface area contributed by atoms with Gasteiger partial charge in [-0.1, -0.05) is 19.8 Å². The summed E-state index contributed by atoms with van der Waals surface area (Å²) in [5.74, 6) is 0.568. The van der Waals surface area contributed by atoms with E-state index in [2.05, 4.69) is 17.2 Å². The maximum Gasteiger partial charge on any atom is 0.262 e. The Bertz CT molecular complexity index is 808. The normalized spacial score (nSPS) is 21.1. The molecule has 130 valence electrons. The maximum atomic E-state index is 12.6. The second-order valence-electron chi connectivity index (χ2n) is 6.89. The van der Waals surface area contributed by atoms with Gasteiger partial charge < -0.3 is 5.32 Å². The number of carbonyl (C=O) groups is 1. The number of thiophene rings is 1. The van der Waals surface area contributed by atoms with Crippen LogP contribution in [-0.4, -0.2) is 21.5 Å². The molecule has 2 unspecified atom stereocenters. The van der Waals surface area contributed by atoms with Crippen LogP contribution in [-0.2, 0) is 11.3 Å². The largest absolute Gasteiger partial charge is 0.353 e. The zero-order valence-electron chi connectivity index (χ0n) is 14.6. The minimum absolute atomic E-state index is 0.0268. The topological polar surface area (TPSA) is 64.0 Å². The van der Waals surface area contributed by atoms with Crippen molar-refractivity contribution in [2.45, 2.75) is 65.5 Å². The Balaban J connectivity index is 1.67. The summed E-state index contributed by atoms with van der Waals surface area (Å²) < 4.78 is 1.56. The third kappa shape index (κ3) is 3.38. The number of rotatable bonds is 4. The Labute approximate surface area is 146 Å². The van der Waals surface area contributed by atoms with E-state index < -0.39 is 0 Å². The molecule has 1 aliphatic rings. The highest BCUT2D eigenvalue weighted by atomic mass is 32.1. The van der Waals surface area contributed by atoms with Crippen LogP contribution in [0, 0.1) is 19.8 Å². The van der Waals surface area contributed by atoms with E-state index in [1.165, 1.54) is 19.3 Å². The van der Waals surface area contributed by atoms with Gasteiger partial charge in [0.15, 0.2) is 0 Å². The van der Waals surface area contributed by atoms with Crippen molar-refractivity contribution in [2.24, 2.45) is 5.92 Å². The van der Waals surface area contributed by atoms with Gasteiger partial charge in [-0.2, -0.15) is 0 Å². The zero-order valence-corrected chi connectivity index (χ0v) is 15.4. The van der Waals surface area contributed by atoms with Crippen molar-refractivity contribution >= 4 is 27.5 Å². The van der Waals surface area contributed by atoms with Gasteiger partial charge in [-0.3, -0.25) is 14.2 Å². The quantitative estimate of drug-likeness (QED) is 0.924. The lowest BCUT2D eigenvalue weighted by Gasteiger charge is -2.29. The number of hydrogen-bond acceptors (Lipinski definition) is 4. The Morgan fingerprint density at radius 3 is 2.88 bits per heavy atom. The van der Waals surface area contributed by atoms with Gasteiger partial charge in [-0.05, 0) is 38.2 Å². The summed E-state index contributed by atoms with van der Waals surface area (Å²) in [6, 6.07) is 0.283. The lowest BCUT2D eigenvalue weighted by molar-refractivity contribution is -0.122. The van der Waals surface area contributed by atoms with Gasteiger partial charge in [0, 0.05) is 23.9 Å².